The van der Waals surface area contributed by atoms with E-state index in [1.165, 1.54) is 32.4 Å². The van der Waals surface area contributed by atoms with Crippen molar-refractivity contribution in [1.82, 2.24) is 10.2 Å². The number of amidine groups is 1. The Labute approximate surface area is 103 Å². The second-order valence-corrected chi connectivity index (χ2v) is 6.01. The molecule has 0 aromatic carbocycles. The Hall–Kier alpha value is -0.220. The molecule has 1 saturated heterocycles. The maximum Gasteiger partial charge on any atom is 0.157 e. The molecule has 1 N–H and O–H groups in total. The van der Waals surface area contributed by atoms with Crippen LogP contribution < -0.4 is 5.32 Å². The number of aliphatic imine (C=N–C) groups is 1. The van der Waals surface area contributed by atoms with E-state index in [0.717, 1.165) is 17.5 Å². The van der Waals surface area contributed by atoms with Crippen LogP contribution in [0.1, 0.15) is 33.1 Å². The van der Waals surface area contributed by atoms with Crippen molar-refractivity contribution in [3.8, 4) is 0 Å². The number of rotatable bonds is 3. The van der Waals surface area contributed by atoms with E-state index in [9.17, 15) is 0 Å². The normalized spacial score (nSPS) is 28.9. The maximum absolute atomic E-state index is 4.57. The lowest BCUT2D eigenvalue weighted by molar-refractivity contribution is 0.215. The van der Waals surface area contributed by atoms with Gasteiger partial charge >= 0.3 is 0 Å². The van der Waals surface area contributed by atoms with Gasteiger partial charge in [-0.15, -0.1) is 0 Å². The fraction of sp³-hybridized carbons (Fsp3) is 0.917. The van der Waals surface area contributed by atoms with Gasteiger partial charge in [0.2, 0.25) is 0 Å². The van der Waals surface area contributed by atoms with Crippen molar-refractivity contribution in [3.05, 3.63) is 0 Å². The van der Waals surface area contributed by atoms with Gasteiger partial charge in [0, 0.05) is 18.3 Å². The number of piperidine rings is 1. The lowest BCUT2D eigenvalue weighted by atomic mass is 10.1. The summed E-state index contributed by atoms with van der Waals surface area (Å²) in [6, 6.07) is 1.02. The van der Waals surface area contributed by atoms with E-state index in [4.69, 9.17) is 0 Å². The van der Waals surface area contributed by atoms with Gasteiger partial charge in [-0.25, -0.2) is 0 Å². The van der Waals surface area contributed by atoms with Gasteiger partial charge in [0.15, 0.2) is 5.17 Å². The average molecular weight is 241 g/mol. The summed E-state index contributed by atoms with van der Waals surface area (Å²) in [5.74, 6) is 1.14. The Balaban J connectivity index is 1.71. The minimum Gasteiger partial charge on any atom is -0.361 e. The highest BCUT2D eigenvalue weighted by atomic mass is 32.2. The van der Waals surface area contributed by atoms with E-state index in [1.807, 2.05) is 11.8 Å². The summed E-state index contributed by atoms with van der Waals surface area (Å²) >= 11 is 1.86. The molecule has 4 heteroatoms. The highest BCUT2D eigenvalue weighted by Gasteiger charge is 2.17. The molecular weight excluding hydrogens is 218 g/mol. The topological polar surface area (TPSA) is 27.6 Å². The Morgan fingerprint density at radius 2 is 2.19 bits per heavy atom. The van der Waals surface area contributed by atoms with Crippen LogP contribution in [0.5, 0.6) is 0 Å². The molecule has 2 unspecified atom stereocenters. The Bertz CT molecular complexity index is 249. The SMILES string of the molecule is CC1CSC(NC(C)CN2CCCCC2)=N1. The molecule has 2 aliphatic heterocycles. The summed E-state index contributed by atoms with van der Waals surface area (Å²) in [4.78, 5) is 7.15. The van der Waals surface area contributed by atoms with Crippen molar-refractivity contribution >= 4 is 16.9 Å². The number of hydrogen-bond acceptors (Lipinski definition) is 4. The highest BCUT2D eigenvalue weighted by Crippen LogP contribution is 2.16. The van der Waals surface area contributed by atoms with Crippen LogP contribution in [0.25, 0.3) is 0 Å². The summed E-state index contributed by atoms with van der Waals surface area (Å²) in [5, 5.41) is 4.68. The van der Waals surface area contributed by atoms with Crippen molar-refractivity contribution < 1.29 is 0 Å². The lowest BCUT2D eigenvalue weighted by Gasteiger charge is -2.29. The van der Waals surface area contributed by atoms with Gasteiger partial charge in [0.1, 0.15) is 0 Å². The van der Waals surface area contributed by atoms with Gasteiger partial charge in [0.25, 0.3) is 0 Å². The minimum absolute atomic E-state index is 0.495. The predicted molar refractivity (Wildman–Crippen MR) is 72.2 cm³/mol. The molecule has 0 amide bonds. The quantitative estimate of drug-likeness (QED) is 0.818. The van der Waals surface area contributed by atoms with E-state index < -0.39 is 0 Å². The number of thioether (sulfide) groups is 1. The molecular formula is C12H23N3S. The smallest absolute Gasteiger partial charge is 0.157 e. The van der Waals surface area contributed by atoms with Gasteiger partial charge in [-0.05, 0) is 39.8 Å². The highest BCUT2D eigenvalue weighted by molar-refractivity contribution is 8.14. The van der Waals surface area contributed by atoms with Gasteiger partial charge in [-0.1, -0.05) is 18.2 Å². The maximum atomic E-state index is 4.57. The van der Waals surface area contributed by atoms with Crippen LogP contribution in [0.3, 0.4) is 0 Å². The molecule has 16 heavy (non-hydrogen) atoms. The van der Waals surface area contributed by atoms with Crippen LogP contribution in [-0.4, -0.2) is 47.5 Å². The number of nitrogens with one attached hydrogen (secondary N) is 1. The second-order valence-electron chi connectivity index (χ2n) is 5.00. The molecule has 92 valence electrons. The third-order valence-corrected chi connectivity index (χ3v) is 4.30. The molecule has 0 aromatic rings. The second kappa shape index (κ2) is 5.92. The Morgan fingerprint density at radius 1 is 1.44 bits per heavy atom. The summed E-state index contributed by atoms with van der Waals surface area (Å²) < 4.78 is 0. The van der Waals surface area contributed by atoms with Crippen LogP contribution in [-0.2, 0) is 0 Å². The molecule has 2 rings (SSSR count). The zero-order chi connectivity index (χ0) is 11.4. The van der Waals surface area contributed by atoms with E-state index in [1.54, 1.807) is 0 Å². The van der Waals surface area contributed by atoms with E-state index in [0.29, 0.717) is 12.1 Å². The first-order chi connectivity index (χ1) is 7.74. The summed E-state index contributed by atoms with van der Waals surface area (Å²) in [5.41, 5.74) is 0. The van der Waals surface area contributed by atoms with Gasteiger partial charge < -0.3 is 10.2 Å². The zero-order valence-electron chi connectivity index (χ0n) is 10.4. The fourth-order valence-corrected chi connectivity index (χ4v) is 3.35. The minimum atomic E-state index is 0.495. The molecule has 0 aliphatic carbocycles. The number of hydrogen-bond donors (Lipinski definition) is 1. The standard InChI is InChI=1S/C12H23N3S/c1-10(8-15-6-4-3-5-7-15)13-12-14-11(2)9-16-12/h10-11H,3-9H2,1-2H3,(H,13,14). The first kappa shape index (κ1) is 12.2. The van der Waals surface area contributed by atoms with Gasteiger partial charge in [0.05, 0.1) is 6.04 Å². The molecule has 0 saturated carbocycles. The molecule has 3 nitrogen and oxygen atoms in total. The lowest BCUT2D eigenvalue weighted by Crippen LogP contribution is -2.42. The molecule has 2 aliphatic rings. The fourth-order valence-electron chi connectivity index (χ4n) is 2.34. The van der Waals surface area contributed by atoms with E-state index in [-0.39, 0.29) is 0 Å². The van der Waals surface area contributed by atoms with E-state index >= 15 is 0 Å². The predicted octanol–water partition coefficient (Wildman–Crippen LogP) is 1.94. The van der Waals surface area contributed by atoms with E-state index in [2.05, 4.69) is 29.1 Å². The first-order valence-electron chi connectivity index (χ1n) is 6.43. The van der Waals surface area contributed by atoms with Crippen molar-refractivity contribution in [3.63, 3.8) is 0 Å². The molecule has 0 aromatic heterocycles. The molecule has 2 heterocycles. The van der Waals surface area contributed by atoms with Crippen molar-refractivity contribution in [2.75, 3.05) is 25.4 Å². The molecule has 2 atom stereocenters. The van der Waals surface area contributed by atoms with Crippen LogP contribution in [0, 0.1) is 0 Å². The average Bonchev–Trinajstić information content (AvgIpc) is 2.65. The summed E-state index contributed by atoms with van der Waals surface area (Å²) in [6.45, 7) is 8.16. The Kier molecular flexibility index (Phi) is 4.53. The summed E-state index contributed by atoms with van der Waals surface area (Å²) in [6.07, 6.45) is 4.16. The number of nitrogens with zero attached hydrogens (tertiary/aromatic N) is 2. The van der Waals surface area contributed by atoms with Crippen molar-refractivity contribution in [1.29, 1.82) is 0 Å². The van der Waals surface area contributed by atoms with Crippen molar-refractivity contribution in [2.45, 2.75) is 45.2 Å². The van der Waals surface area contributed by atoms with Crippen molar-refractivity contribution in [2.24, 2.45) is 4.99 Å². The zero-order valence-corrected chi connectivity index (χ0v) is 11.2. The molecule has 0 bridgehead atoms. The molecule has 1 fully saturated rings. The molecule has 0 spiro atoms. The van der Waals surface area contributed by atoms with Gasteiger partial charge in [-0.3, -0.25) is 4.99 Å². The van der Waals surface area contributed by atoms with Crippen LogP contribution in [0.15, 0.2) is 4.99 Å². The third kappa shape index (κ3) is 3.67. The summed E-state index contributed by atoms with van der Waals surface area (Å²) in [7, 11) is 0. The van der Waals surface area contributed by atoms with Crippen LogP contribution in [0.2, 0.25) is 0 Å². The monoisotopic (exact) mass is 241 g/mol. The van der Waals surface area contributed by atoms with Crippen LogP contribution in [0.4, 0.5) is 0 Å². The first-order valence-corrected chi connectivity index (χ1v) is 7.42. The molecule has 0 radical (unpaired) electrons. The number of likely N-dealkylation sites (tertiary alicyclic amines) is 1. The third-order valence-electron chi connectivity index (χ3n) is 3.15. The largest absolute Gasteiger partial charge is 0.361 e. The Morgan fingerprint density at radius 3 is 2.81 bits per heavy atom. The van der Waals surface area contributed by atoms with Gasteiger partial charge in [-0.2, -0.15) is 0 Å². The van der Waals surface area contributed by atoms with Crippen LogP contribution >= 0.6 is 11.8 Å².